The fourth-order valence-electron chi connectivity index (χ4n) is 1.28. The number of nitrogens with zero attached hydrogens (tertiary/aromatic N) is 1. The van der Waals surface area contributed by atoms with E-state index in [1.165, 1.54) is 0 Å². The van der Waals surface area contributed by atoms with E-state index in [0.717, 1.165) is 12.6 Å². The monoisotopic (exact) mass is 267 g/mol. The first kappa shape index (κ1) is 14.4. The highest BCUT2D eigenvalue weighted by Gasteiger charge is 2.35. The van der Waals surface area contributed by atoms with Crippen LogP contribution >= 0.6 is 11.3 Å². The van der Waals surface area contributed by atoms with Gasteiger partial charge in [-0.2, -0.15) is 13.2 Å². The first-order valence-electron chi connectivity index (χ1n) is 5.30. The average Bonchev–Trinajstić information content (AvgIpc) is 2.60. The van der Waals surface area contributed by atoms with Crippen LogP contribution in [-0.2, 0) is 6.18 Å². The number of hydrogen-bond acceptors (Lipinski definition) is 3. The fraction of sp³-hybridized carbons (Fsp3) is 0.727. The summed E-state index contributed by atoms with van der Waals surface area (Å²) < 4.78 is 36.9. The van der Waals surface area contributed by atoms with Crippen molar-refractivity contribution < 1.29 is 18.3 Å². The lowest BCUT2D eigenvalue weighted by molar-refractivity contribution is -0.137. The van der Waals surface area contributed by atoms with Gasteiger partial charge in [-0.05, 0) is 18.3 Å². The molecule has 1 atom stereocenters. The van der Waals surface area contributed by atoms with Crippen molar-refractivity contribution in [3.05, 3.63) is 16.1 Å². The van der Waals surface area contributed by atoms with Crippen LogP contribution in [0.4, 0.5) is 13.2 Å². The van der Waals surface area contributed by atoms with Crippen molar-refractivity contribution in [2.24, 2.45) is 5.41 Å². The second-order valence-electron chi connectivity index (χ2n) is 5.18. The molecule has 0 amide bonds. The van der Waals surface area contributed by atoms with Crippen molar-refractivity contribution >= 4 is 11.3 Å². The Morgan fingerprint density at radius 1 is 1.35 bits per heavy atom. The molecule has 0 aliphatic rings. The summed E-state index contributed by atoms with van der Waals surface area (Å²) in [6.07, 6.45) is -2.98. The summed E-state index contributed by atoms with van der Waals surface area (Å²) in [4.78, 5) is 3.57. The third-order valence-electron chi connectivity index (χ3n) is 2.26. The molecule has 0 aliphatic carbocycles. The van der Waals surface area contributed by atoms with Crippen LogP contribution in [0.25, 0.3) is 0 Å². The van der Waals surface area contributed by atoms with Crippen LogP contribution in [0.2, 0.25) is 0 Å². The first-order valence-corrected chi connectivity index (χ1v) is 6.12. The maximum absolute atomic E-state index is 12.3. The summed E-state index contributed by atoms with van der Waals surface area (Å²) in [6.45, 7) is 6.06. The Hall–Kier alpha value is -0.620. The maximum Gasteiger partial charge on any atom is 0.443 e. The standard InChI is InChI=1S/C11H16F3NOS/c1-10(2,3)5-4-7(16)8-6-15-9(17-8)11(12,13)14/h6-7,16H,4-5H2,1-3H3. The molecule has 17 heavy (non-hydrogen) atoms. The summed E-state index contributed by atoms with van der Waals surface area (Å²) in [5.74, 6) is 0. The predicted molar refractivity (Wildman–Crippen MR) is 60.8 cm³/mol. The molecule has 0 bridgehead atoms. The molecule has 0 radical (unpaired) electrons. The van der Waals surface area contributed by atoms with Gasteiger partial charge in [-0.25, -0.2) is 4.98 Å². The SMILES string of the molecule is CC(C)(C)CCC(O)c1cnc(C(F)(F)F)s1. The largest absolute Gasteiger partial charge is 0.443 e. The van der Waals surface area contributed by atoms with E-state index in [1.54, 1.807) is 0 Å². The van der Waals surface area contributed by atoms with Gasteiger partial charge in [0.25, 0.3) is 0 Å². The Balaban J connectivity index is 2.64. The lowest BCUT2D eigenvalue weighted by atomic mass is 9.89. The highest BCUT2D eigenvalue weighted by Crippen LogP contribution is 2.36. The molecule has 1 rings (SSSR count). The quantitative estimate of drug-likeness (QED) is 0.897. The minimum absolute atomic E-state index is 0.0541. The van der Waals surface area contributed by atoms with E-state index in [4.69, 9.17) is 0 Å². The van der Waals surface area contributed by atoms with Crippen LogP contribution < -0.4 is 0 Å². The van der Waals surface area contributed by atoms with Gasteiger partial charge in [-0.15, -0.1) is 11.3 Å². The second-order valence-corrected chi connectivity index (χ2v) is 6.24. The van der Waals surface area contributed by atoms with Crippen LogP contribution in [0, 0.1) is 5.41 Å². The minimum atomic E-state index is -4.42. The third-order valence-corrected chi connectivity index (χ3v) is 3.41. The van der Waals surface area contributed by atoms with Crippen molar-refractivity contribution in [1.29, 1.82) is 0 Å². The molecule has 1 N–H and O–H groups in total. The number of alkyl halides is 3. The fourth-order valence-corrected chi connectivity index (χ4v) is 2.09. The summed E-state index contributed by atoms with van der Waals surface area (Å²) >= 11 is 0.512. The lowest BCUT2D eigenvalue weighted by Gasteiger charge is -2.19. The van der Waals surface area contributed by atoms with Crippen molar-refractivity contribution in [1.82, 2.24) is 4.98 Å². The van der Waals surface area contributed by atoms with Crippen molar-refractivity contribution in [2.75, 3.05) is 0 Å². The molecule has 0 spiro atoms. The van der Waals surface area contributed by atoms with Crippen LogP contribution in [0.3, 0.4) is 0 Å². The van der Waals surface area contributed by atoms with Gasteiger partial charge in [0.15, 0.2) is 5.01 Å². The minimum Gasteiger partial charge on any atom is -0.388 e. The molecule has 1 aromatic rings. The van der Waals surface area contributed by atoms with E-state index in [9.17, 15) is 18.3 Å². The number of rotatable bonds is 3. The Kier molecular flexibility index (Phi) is 4.19. The molecular weight excluding hydrogens is 251 g/mol. The van der Waals surface area contributed by atoms with E-state index in [1.807, 2.05) is 20.8 Å². The molecule has 98 valence electrons. The van der Waals surface area contributed by atoms with Crippen molar-refractivity contribution in [3.8, 4) is 0 Å². The molecule has 1 unspecified atom stereocenters. The van der Waals surface area contributed by atoms with Gasteiger partial charge in [-0.3, -0.25) is 0 Å². The molecule has 0 saturated heterocycles. The molecule has 1 aromatic heterocycles. The highest BCUT2D eigenvalue weighted by molar-refractivity contribution is 7.11. The second kappa shape index (κ2) is 4.94. The Morgan fingerprint density at radius 2 is 1.94 bits per heavy atom. The van der Waals surface area contributed by atoms with Gasteiger partial charge in [0.05, 0.1) is 11.0 Å². The van der Waals surface area contributed by atoms with Gasteiger partial charge < -0.3 is 5.11 Å². The van der Waals surface area contributed by atoms with E-state index in [0.29, 0.717) is 17.8 Å². The average molecular weight is 267 g/mol. The van der Waals surface area contributed by atoms with Gasteiger partial charge in [0.1, 0.15) is 0 Å². The summed E-state index contributed by atoms with van der Waals surface area (Å²) in [7, 11) is 0. The van der Waals surface area contributed by atoms with Gasteiger partial charge in [0.2, 0.25) is 0 Å². The first-order chi connectivity index (χ1) is 7.59. The Bertz CT molecular complexity index is 368. The zero-order chi connectivity index (χ0) is 13.3. The number of thiazole rings is 1. The molecule has 0 saturated carbocycles. The smallest absolute Gasteiger partial charge is 0.388 e. The summed E-state index contributed by atoms with van der Waals surface area (Å²) in [5, 5.41) is 8.87. The van der Waals surface area contributed by atoms with Crippen LogP contribution in [-0.4, -0.2) is 10.1 Å². The molecule has 6 heteroatoms. The lowest BCUT2D eigenvalue weighted by Crippen LogP contribution is -2.07. The highest BCUT2D eigenvalue weighted by atomic mass is 32.1. The topological polar surface area (TPSA) is 33.1 Å². The van der Waals surface area contributed by atoms with Gasteiger partial charge in [-0.1, -0.05) is 20.8 Å². The van der Waals surface area contributed by atoms with Crippen molar-refractivity contribution in [2.45, 2.75) is 45.9 Å². The number of halogens is 3. The number of aliphatic hydroxyl groups excluding tert-OH is 1. The normalized spacial score (nSPS) is 15.0. The zero-order valence-corrected chi connectivity index (χ0v) is 10.8. The van der Waals surface area contributed by atoms with Crippen molar-refractivity contribution in [3.63, 3.8) is 0 Å². The van der Waals surface area contributed by atoms with E-state index < -0.39 is 17.3 Å². The van der Waals surface area contributed by atoms with Crippen LogP contribution in [0.1, 0.15) is 49.6 Å². The van der Waals surface area contributed by atoms with E-state index in [-0.39, 0.29) is 10.3 Å². The number of aliphatic hydroxyl groups is 1. The molecular formula is C11H16F3NOS. The Labute approximate surface area is 103 Å². The summed E-state index contributed by atoms with van der Waals surface area (Å²) in [6, 6.07) is 0. The van der Waals surface area contributed by atoms with E-state index >= 15 is 0 Å². The molecule has 0 aromatic carbocycles. The zero-order valence-electron chi connectivity index (χ0n) is 10.0. The molecule has 0 aliphatic heterocycles. The van der Waals surface area contributed by atoms with Crippen LogP contribution in [0.15, 0.2) is 6.20 Å². The third kappa shape index (κ3) is 4.63. The van der Waals surface area contributed by atoms with Gasteiger partial charge in [0, 0.05) is 6.20 Å². The molecule has 0 fully saturated rings. The Morgan fingerprint density at radius 3 is 2.35 bits per heavy atom. The maximum atomic E-state index is 12.3. The number of hydrogen-bond donors (Lipinski definition) is 1. The molecule has 1 heterocycles. The predicted octanol–water partition coefficient (Wildman–Crippen LogP) is 4.02. The van der Waals surface area contributed by atoms with E-state index in [2.05, 4.69) is 4.98 Å². The summed E-state index contributed by atoms with van der Waals surface area (Å²) in [5.41, 5.74) is 0.0541. The number of aromatic nitrogens is 1. The van der Waals surface area contributed by atoms with Crippen LogP contribution in [0.5, 0.6) is 0 Å². The van der Waals surface area contributed by atoms with Gasteiger partial charge >= 0.3 is 6.18 Å². The molecule has 2 nitrogen and oxygen atoms in total.